The molecule has 0 saturated heterocycles. The van der Waals surface area contributed by atoms with E-state index in [0.717, 1.165) is 17.1 Å². The van der Waals surface area contributed by atoms with Gasteiger partial charge in [-0.1, -0.05) is 103 Å². The number of fused-ring (bicyclic) bond motifs is 2. The van der Waals surface area contributed by atoms with Crippen molar-refractivity contribution in [1.82, 2.24) is 0 Å². The number of benzene rings is 5. The number of hydrogen-bond donors (Lipinski definition) is 0. The molecule has 0 amide bonds. The molecule has 0 N–H and O–H groups in total. The Hall–Kier alpha value is -4.62. The average Bonchev–Trinajstić information content (AvgIpc) is 3.08. The predicted octanol–water partition coefficient (Wildman–Crippen LogP) is 9.85. The van der Waals surface area contributed by atoms with Gasteiger partial charge >= 0.3 is 0 Å². The molecule has 1 nitrogen and oxygen atoms in total. The molecular weight excluding hydrogens is 446 g/mol. The first kappa shape index (κ1) is 22.8. The maximum atomic E-state index is 2.32. The molecule has 1 aliphatic rings. The Labute approximate surface area is 219 Å². The Morgan fingerprint density at radius 3 is 1.65 bits per heavy atom. The highest BCUT2D eigenvalue weighted by Crippen LogP contribution is 2.37. The summed E-state index contributed by atoms with van der Waals surface area (Å²) in [5.74, 6) is 0. The van der Waals surface area contributed by atoms with Crippen LogP contribution in [-0.2, 0) is 0 Å². The van der Waals surface area contributed by atoms with E-state index in [0.29, 0.717) is 0 Å². The van der Waals surface area contributed by atoms with Crippen LogP contribution in [0.1, 0.15) is 38.9 Å². The van der Waals surface area contributed by atoms with Gasteiger partial charge in [-0.15, -0.1) is 0 Å². The van der Waals surface area contributed by atoms with Crippen LogP contribution < -0.4 is 4.90 Å². The summed E-state index contributed by atoms with van der Waals surface area (Å²) in [6, 6.07) is 43.6. The van der Waals surface area contributed by atoms with Crippen LogP contribution in [0.4, 0.5) is 17.1 Å². The Morgan fingerprint density at radius 2 is 1.05 bits per heavy atom. The van der Waals surface area contributed by atoms with Gasteiger partial charge in [0.05, 0.1) is 0 Å². The molecule has 178 valence electrons. The number of nitrogens with zero attached hydrogens (tertiary/aromatic N) is 1. The third kappa shape index (κ3) is 4.64. The number of aryl methyl sites for hydroxylation is 2. The van der Waals surface area contributed by atoms with E-state index in [2.05, 4.69) is 158 Å². The van der Waals surface area contributed by atoms with Gasteiger partial charge < -0.3 is 4.90 Å². The normalized spacial score (nSPS) is 11.9. The molecule has 0 atom stereocenters. The second-order valence-corrected chi connectivity index (χ2v) is 9.67. The van der Waals surface area contributed by atoms with Crippen molar-refractivity contribution in [2.45, 2.75) is 13.8 Å². The first-order chi connectivity index (χ1) is 18.2. The molecule has 0 fully saturated rings. The van der Waals surface area contributed by atoms with Crippen LogP contribution in [-0.4, -0.2) is 0 Å². The van der Waals surface area contributed by atoms with Crippen molar-refractivity contribution in [3.05, 3.63) is 160 Å². The Kier molecular flexibility index (Phi) is 6.04. The second-order valence-electron chi connectivity index (χ2n) is 9.67. The van der Waals surface area contributed by atoms with Crippen molar-refractivity contribution in [3.63, 3.8) is 0 Å². The van der Waals surface area contributed by atoms with Crippen molar-refractivity contribution in [2.24, 2.45) is 0 Å². The van der Waals surface area contributed by atoms with E-state index in [9.17, 15) is 0 Å². The fourth-order valence-corrected chi connectivity index (χ4v) is 5.05. The Balaban J connectivity index is 1.44. The third-order valence-electron chi connectivity index (χ3n) is 6.96. The van der Waals surface area contributed by atoms with Gasteiger partial charge in [0.15, 0.2) is 0 Å². The lowest BCUT2D eigenvalue weighted by Gasteiger charge is -2.26. The summed E-state index contributed by atoms with van der Waals surface area (Å²) in [4.78, 5) is 2.32. The molecule has 1 heteroatoms. The van der Waals surface area contributed by atoms with Gasteiger partial charge in [-0.2, -0.15) is 0 Å². The number of anilines is 3. The maximum absolute atomic E-state index is 2.32. The highest BCUT2D eigenvalue weighted by Gasteiger charge is 2.16. The predicted molar refractivity (Wildman–Crippen MR) is 159 cm³/mol. The first-order valence-electron chi connectivity index (χ1n) is 12.8. The SMILES string of the molecule is Cc1ccc(N(c2ccc(C=C3c4ccccc4C=Cc4ccccc43)cc2)c2cccc(C)c2)cc1. The molecule has 37 heavy (non-hydrogen) atoms. The minimum atomic E-state index is 1.14. The molecule has 0 spiro atoms. The van der Waals surface area contributed by atoms with Crippen LogP contribution >= 0.6 is 0 Å². The van der Waals surface area contributed by atoms with Crippen molar-refractivity contribution >= 4 is 40.9 Å². The highest BCUT2D eigenvalue weighted by atomic mass is 15.1. The van der Waals surface area contributed by atoms with E-state index < -0.39 is 0 Å². The summed E-state index contributed by atoms with van der Waals surface area (Å²) in [5, 5.41) is 0. The third-order valence-corrected chi connectivity index (χ3v) is 6.96. The monoisotopic (exact) mass is 475 g/mol. The Bertz CT molecular complexity index is 1570. The van der Waals surface area contributed by atoms with E-state index in [1.54, 1.807) is 0 Å². The first-order valence-corrected chi connectivity index (χ1v) is 12.8. The molecule has 5 aromatic carbocycles. The molecule has 0 bridgehead atoms. The fraction of sp³-hybridized carbons (Fsp3) is 0.0556. The molecule has 0 aliphatic heterocycles. The highest BCUT2D eigenvalue weighted by molar-refractivity contribution is 6.00. The summed E-state index contributed by atoms with van der Waals surface area (Å²) < 4.78 is 0. The lowest BCUT2D eigenvalue weighted by Crippen LogP contribution is -2.10. The van der Waals surface area contributed by atoms with E-state index >= 15 is 0 Å². The molecule has 0 aromatic heterocycles. The van der Waals surface area contributed by atoms with Crippen LogP contribution in [0.5, 0.6) is 0 Å². The van der Waals surface area contributed by atoms with E-state index in [4.69, 9.17) is 0 Å². The van der Waals surface area contributed by atoms with E-state index in [1.807, 2.05) is 0 Å². The van der Waals surface area contributed by atoms with Crippen LogP contribution in [0.25, 0.3) is 23.8 Å². The van der Waals surface area contributed by atoms with Crippen molar-refractivity contribution in [1.29, 1.82) is 0 Å². The van der Waals surface area contributed by atoms with Crippen molar-refractivity contribution in [2.75, 3.05) is 4.90 Å². The molecule has 0 heterocycles. The molecule has 1 aliphatic carbocycles. The standard InChI is InChI=1S/C36H29N/c1-26-14-20-31(21-15-26)37(33-11-7-8-27(2)24-33)32-22-16-28(17-23-32)25-36-34-12-5-3-9-29(34)18-19-30-10-4-6-13-35(30)36/h3-25H,1-2H3. The van der Waals surface area contributed by atoms with Gasteiger partial charge in [0.1, 0.15) is 0 Å². The summed E-state index contributed by atoms with van der Waals surface area (Å²) in [6.07, 6.45) is 6.76. The van der Waals surface area contributed by atoms with Crippen LogP contribution in [0.15, 0.2) is 121 Å². The molecule has 0 radical (unpaired) electrons. The zero-order valence-electron chi connectivity index (χ0n) is 21.2. The largest absolute Gasteiger partial charge is 0.310 e. The fourth-order valence-electron chi connectivity index (χ4n) is 5.05. The van der Waals surface area contributed by atoms with Gasteiger partial charge in [0.25, 0.3) is 0 Å². The molecule has 5 aromatic rings. The van der Waals surface area contributed by atoms with Crippen molar-refractivity contribution < 1.29 is 0 Å². The summed E-state index contributed by atoms with van der Waals surface area (Å²) in [7, 11) is 0. The molecule has 0 unspecified atom stereocenters. The summed E-state index contributed by atoms with van der Waals surface area (Å²) in [5.41, 5.74) is 13.4. The lowest BCUT2D eigenvalue weighted by atomic mass is 9.92. The summed E-state index contributed by atoms with van der Waals surface area (Å²) >= 11 is 0. The van der Waals surface area contributed by atoms with Crippen molar-refractivity contribution in [3.8, 4) is 0 Å². The maximum Gasteiger partial charge on any atom is 0.0464 e. The van der Waals surface area contributed by atoms with Gasteiger partial charge in [0, 0.05) is 17.1 Å². The molecule has 6 rings (SSSR count). The lowest BCUT2D eigenvalue weighted by molar-refractivity contribution is 1.26. The molecular formula is C36H29N. The van der Waals surface area contributed by atoms with Gasteiger partial charge in [-0.05, 0) is 95.3 Å². The minimum Gasteiger partial charge on any atom is -0.310 e. The van der Waals surface area contributed by atoms with Crippen LogP contribution in [0.2, 0.25) is 0 Å². The number of hydrogen-bond acceptors (Lipinski definition) is 1. The second kappa shape index (κ2) is 9.79. The van der Waals surface area contributed by atoms with Gasteiger partial charge in [-0.25, -0.2) is 0 Å². The van der Waals surface area contributed by atoms with E-state index in [-0.39, 0.29) is 0 Å². The van der Waals surface area contributed by atoms with Crippen LogP contribution in [0.3, 0.4) is 0 Å². The smallest absolute Gasteiger partial charge is 0.0464 e. The average molecular weight is 476 g/mol. The molecule has 0 saturated carbocycles. The zero-order chi connectivity index (χ0) is 25.2. The Morgan fingerprint density at radius 1 is 0.486 bits per heavy atom. The topological polar surface area (TPSA) is 3.24 Å². The van der Waals surface area contributed by atoms with Gasteiger partial charge in [-0.3, -0.25) is 0 Å². The zero-order valence-corrected chi connectivity index (χ0v) is 21.2. The summed E-state index contributed by atoms with van der Waals surface area (Å²) in [6.45, 7) is 4.27. The minimum absolute atomic E-state index is 1.14. The number of rotatable bonds is 4. The van der Waals surface area contributed by atoms with E-state index in [1.165, 1.54) is 44.5 Å². The van der Waals surface area contributed by atoms with Gasteiger partial charge in [0.2, 0.25) is 0 Å². The quantitative estimate of drug-likeness (QED) is 0.245. The van der Waals surface area contributed by atoms with Crippen LogP contribution in [0, 0.1) is 13.8 Å².